The second kappa shape index (κ2) is 7.91. The second-order valence-electron chi connectivity index (χ2n) is 5.02. The Morgan fingerprint density at radius 3 is 2.60 bits per heavy atom. The molecule has 0 fully saturated rings. The van der Waals surface area contributed by atoms with Crippen molar-refractivity contribution in [3.63, 3.8) is 0 Å². The quantitative estimate of drug-likeness (QED) is 0.478. The Labute approximate surface area is 154 Å². The Kier molecular flexibility index (Phi) is 5.89. The minimum absolute atomic E-state index is 0.0448. The number of benzene rings is 2. The fraction of sp³-hybridized carbons (Fsp3) is 0.125. The summed E-state index contributed by atoms with van der Waals surface area (Å²) in [6.07, 6.45) is 0. The van der Waals surface area contributed by atoms with Crippen molar-refractivity contribution in [2.75, 3.05) is 12.4 Å². The summed E-state index contributed by atoms with van der Waals surface area (Å²) in [4.78, 5) is 22.6. The maximum Gasteiger partial charge on any atom is 0.311 e. The number of ether oxygens (including phenoxy) is 1. The molecule has 0 aliphatic rings. The molecule has 2 aromatic rings. The molecule has 0 saturated heterocycles. The largest absolute Gasteiger partial charge is 0.490 e. The third-order valence-corrected chi connectivity index (χ3v) is 3.91. The van der Waals surface area contributed by atoms with E-state index in [4.69, 9.17) is 28.6 Å². The highest BCUT2D eigenvalue weighted by Gasteiger charge is 2.18. The van der Waals surface area contributed by atoms with Crippen molar-refractivity contribution in [1.29, 1.82) is 0 Å². The summed E-state index contributed by atoms with van der Waals surface area (Å²) >= 11 is 11.1. The number of halogens is 1. The lowest BCUT2D eigenvalue weighted by atomic mass is 10.1. The Balaban J connectivity index is 2.10. The van der Waals surface area contributed by atoms with Crippen LogP contribution >= 0.6 is 23.8 Å². The highest BCUT2D eigenvalue weighted by Crippen LogP contribution is 2.27. The number of nitrogens with one attached hydrogen (secondary N) is 2. The molecule has 2 aromatic carbocycles. The van der Waals surface area contributed by atoms with E-state index in [1.54, 1.807) is 12.1 Å². The van der Waals surface area contributed by atoms with Crippen LogP contribution in [0.2, 0.25) is 5.02 Å². The number of nitrogens with zero attached hydrogens (tertiary/aromatic N) is 1. The van der Waals surface area contributed by atoms with Gasteiger partial charge in [-0.2, -0.15) is 0 Å². The molecule has 9 heteroatoms. The van der Waals surface area contributed by atoms with Gasteiger partial charge in [0.1, 0.15) is 0 Å². The first-order valence-electron chi connectivity index (χ1n) is 7.02. The lowest BCUT2D eigenvalue weighted by molar-refractivity contribution is -0.385. The van der Waals surface area contributed by atoms with Crippen molar-refractivity contribution >= 4 is 46.2 Å². The summed E-state index contributed by atoms with van der Waals surface area (Å²) in [5.74, 6) is -0.516. The van der Waals surface area contributed by atoms with Gasteiger partial charge in [-0.05, 0) is 49.0 Å². The number of methoxy groups -OCH3 is 1. The number of carbonyl (C=O) groups excluding carboxylic acids is 1. The number of rotatable bonds is 4. The summed E-state index contributed by atoms with van der Waals surface area (Å²) in [6.45, 7) is 1.86. The van der Waals surface area contributed by atoms with Gasteiger partial charge < -0.3 is 10.1 Å². The van der Waals surface area contributed by atoms with Gasteiger partial charge in [-0.1, -0.05) is 17.7 Å². The fourth-order valence-electron chi connectivity index (χ4n) is 1.98. The molecule has 130 valence electrons. The summed E-state index contributed by atoms with van der Waals surface area (Å²) in [5, 5.41) is 16.9. The molecule has 0 bridgehead atoms. The van der Waals surface area contributed by atoms with Gasteiger partial charge in [-0.15, -0.1) is 0 Å². The molecule has 0 aliphatic heterocycles. The van der Waals surface area contributed by atoms with Crippen LogP contribution in [0.5, 0.6) is 5.75 Å². The monoisotopic (exact) mass is 379 g/mol. The molecule has 0 atom stereocenters. The van der Waals surface area contributed by atoms with Gasteiger partial charge in [-0.25, -0.2) is 0 Å². The molecule has 0 unspecified atom stereocenters. The molecule has 7 nitrogen and oxygen atoms in total. The zero-order chi connectivity index (χ0) is 18.6. The SMILES string of the molecule is COc1ccc(C(=O)NC(=S)Nc2ccc(C)c(Cl)c2)cc1[N+](=O)[O-]. The summed E-state index contributed by atoms with van der Waals surface area (Å²) in [7, 11) is 1.31. The molecular weight excluding hydrogens is 366 g/mol. The second-order valence-corrected chi connectivity index (χ2v) is 5.83. The van der Waals surface area contributed by atoms with Crippen molar-refractivity contribution in [2.45, 2.75) is 6.92 Å². The third-order valence-electron chi connectivity index (χ3n) is 3.29. The number of aryl methyl sites for hydroxylation is 1. The van der Waals surface area contributed by atoms with Gasteiger partial charge in [-0.3, -0.25) is 20.2 Å². The molecule has 0 radical (unpaired) electrons. The van der Waals surface area contributed by atoms with E-state index in [0.29, 0.717) is 10.7 Å². The normalized spacial score (nSPS) is 10.0. The highest BCUT2D eigenvalue weighted by molar-refractivity contribution is 7.80. The topological polar surface area (TPSA) is 93.5 Å². The standard InChI is InChI=1S/C16H14ClN3O4S/c1-9-3-5-11(8-12(9)17)18-16(25)19-15(21)10-4-6-14(24-2)13(7-10)20(22)23/h3-8H,1-2H3,(H2,18,19,21,25). The number of anilines is 1. The van der Waals surface area contributed by atoms with Crippen LogP contribution in [-0.4, -0.2) is 23.1 Å². The summed E-state index contributed by atoms with van der Waals surface area (Å²) in [5.41, 5.74) is 1.30. The van der Waals surface area contributed by atoms with E-state index in [1.807, 2.05) is 13.0 Å². The molecule has 0 heterocycles. The van der Waals surface area contributed by atoms with Gasteiger partial charge in [0.2, 0.25) is 0 Å². The van der Waals surface area contributed by atoms with E-state index in [9.17, 15) is 14.9 Å². The molecule has 25 heavy (non-hydrogen) atoms. The van der Waals surface area contributed by atoms with Crippen molar-refractivity contribution in [3.05, 3.63) is 62.7 Å². The maximum absolute atomic E-state index is 12.2. The van der Waals surface area contributed by atoms with Gasteiger partial charge in [0.05, 0.1) is 12.0 Å². The molecule has 2 rings (SSSR count). The minimum atomic E-state index is -0.625. The fourth-order valence-corrected chi connectivity index (χ4v) is 2.37. The zero-order valence-electron chi connectivity index (χ0n) is 13.3. The smallest absolute Gasteiger partial charge is 0.311 e. The van der Waals surface area contributed by atoms with Gasteiger partial charge in [0.15, 0.2) is 10.9 Å². The number of thiocarbonyl (C=S) groups is 1. The summed E-state index contributed by atoms with van der Waals surface area (Å²) < 4.78 is 4.90. The van der Waals surface area contributed by atoms with E-state index < -0.39 is 10.8 Å². The number of hydrogen-bond acceptors (Lipinski definition) is 5. The number of carbonyl (C=O) groups is 1. The number of nitro benzene ring substituents is 1. The van der Waals surface area contributed by atoms with Crippen LogP contribution in [0.25, 0.3) is 0 Å². The van der Waals surface area contributed by atoms with Crippen LogP contribution in [0, 0.1) is 17.0 Å². The Morgan fingerprint density at radius 1 is 1.28 bits per heavy atom. The lowest BCUT2D eigenvalue weighted by Crippen LogP contribution is -2.34. The average molecular weight is 380 g/mol. The Bertz CT molecular complexity index is 857. The van der Waals surface area contributed by atoms with E-state index in [0.717, 1.165) is 11.6 Å². The van der Waals surface area contributed by atoms with Crippen molar-refractivity contribution in [1.82, 2.24) is 5.32 Å². The predicted octanol–water partition coefficient (Wildman–Crippen LogP) is 3.69. The molecule has 0 aromatic heterocycles. The van der Waals surface area contributed by atoms with E-state index in [1.165, 1.54) is 19.2 Å². The van der Waals surface area contributed by atoms with E-state index in [2.05, 4.69) is 10.6 Å². The molecule has 0 saturated carbocycles. The number of hydrogen-bond donors (Lipinski definition) is 2. The highest BCUT2D eigenvalue weighted by atomic mass is 35.5. The minimum Gasteiger partial charge on any atom is -0.490 e. The van der Waals surface area contributed by atoms with Crippen LogP contribution in [0.3, 0.4) is 0 Å². The third kappa shape index (κ3) is 4.65. The Morgan fingerprint density at radius 2 is 2.00 bits per heavy atom. The van der Waals surface area contributed by atoms with Gasteiger partial charge >= 0.3 is 5.69 Å². The first-order valence-corrected chi connectivity index (χ1v) is 7.81. The summed E-state index contributed by atoms with van der Waals surface area (Å²) in [6, 6.07) is 9.13. The predicted molar refractivity (Wildman–Crippen MR) is 99.5 cm³/mol. The molecular formula is C16H14ClN3O4S. The molecule has 2 N–H and O–H groups in total. The van der Waals surface area contributed by atoms with Gasteiger partial charge in [0, 0.05) is 22.3 Å². The van der Waals surface area contributed by atoms with Crippen molar-refractivity contribution < 1.29 is 14.5 Å². The van der Waals surface area contributed by atoms with E-state index in [-0.39, 0.29) is 22.1 Å². The first kappa shape index (κ1) is 18.6. The van der Waals surface area contributed by atoms with Crippen LogP contribution in [0.1, 0.15) is 15.9 Å². The van der Waals surface area contributed by atoms with Gasteiger partial charge in [0.25, 0.3) is 5.91 Å². The van der Waals surface area contributed by atoms with Crippen molar-refractivity contribution in [2.24, 2.45) is 0 Å². The van der Waals surface area contributed by atoms with Crippen LogP contribution in [-0.2, 0) is 0 Å². The molecule has 1 amide bonds. The number of nitro groups is 1. The van der Waals surface area contributed by atoms with Crippen LogP contribution in [0.15, 0.2) is 36.4 Å². The average Bonchev–Trinajstić information content (AvgIpc) is 2.57. The van der Waals surface area contributed by atoms with Crippen LogP contribution < -0.4 is 15.4 Å². The Hall–Kier alpha value is -2.71. The first-order chi connectivity index (χ1) is 11.8. The zero-order valence-corrected chi connectivity index (χ0v) is 14.9. The molecule has 0 spiro atoms. The maximum atomic E-state index is 12.2. The molecule has 0 aliphatic carbocycles. The van der Waals surface area contributed by atoms with E-state index >= 15 is 0 Å². The van der Waals surface area contributed by atoms with Crippen LogP contribution in [0.4, 0.5) is 11.4 Å². The lowest BCUT2D eigenvalue weighted by Gasteiger charge is -2.11. The number of amides is 1. The van der Waals surface area contributed by atoms with Crippen molar-refractivity contribution in [3.8, 4) is 5.75 Å².